The van der Waals surface area contributed by atoms with Gasteiger partial charge in [0.1, 0.15) is 0 Å². The summed E-state index contributed by atoms with van der Waals surface area (Å²) in [6.07, 6.45) is 6.16. The molecule has 0 aliphatic carbocycles. The first-order valence-corrected chi connectivity index (χ1v) is 7.84. The van der Waals surface area contributed by atoms with Crippen LogP contribution in [0.1, 0.15) is 50.0 Å². The van der Waals surface area contributed by atoms with Crippen LogP contribution in [0.2, 0.25) is 0 Å². The molecule has 1 atom stereocenters. The van der Waals surface area contributed by atoms with Gasteiger partial charge in [-0.1, -0.05) is 43.2 Å². The zero-order valence-electron chi connectivity index (χ0n) is 12.7. The molecular weight excluding hydrogens is 284 g/mol. The Morgan fingerprint density at radius 3 is 2.57 bits per heavy atom. The third-order valence-electron chi connectivity index (χ3n) is 4.16. The number of rotatable bonds is 7. The molecular formula is C17H27ClN2O. The lowest BCUT2D eigenvalue weighted by Crippen LogP contribution is -2.28. The van der Waals surface area contributed by atoms with Gasteiger partial charge in [0.2, 0.25) is 5.91 Å². The lowest BCUT2D eigenvalue weighted by Gasteiger charge is -2.16. The van der Waals surface area contributed by atoms with Gasteiger partial charge in [0, 0.05) is 25.4 Å². The Hall–Kier alpha value is -1.06. The highest BCUT2D eigenvalue weighted by Crippen LogP contribution is 2.27. The molecule has 1 amide bonds. The molecule has 0 radical (unpaired) electrons. The van der Waals surface area contributed by atoms with Crippen LogP contribution in [0.4, 0.5) is 0 Å². The molecule has 21 heavy (non-hydrogen) atoms. The third-order valence-corrected chi connectivity index (χ3v) is 4.16. The Balaban J connectivity index is 0.00000220. The summed E-state index contributed by atoms with van der Waals surface area (Å²) >= 11 is 0. The van der Waals surface area contributed by atoms with Crippen molar-refractivity contribution >= 4 is 18.3 Å². The second-order valence-corrected chi connectivity index (χ2v) is 5.69. The predicted molar refractivity (Wildman–Crippen MR) is 89.8 cm³/mol. The monoisotopic (exact) mass is 310 g/mol. The zero-order valence-corrected chi connectivity index (χ0v) is 13.5. The number of carbonyl (C=O) groups is 1. The summed E-state index contributed by atoms with van der Waals surface area (Å²) in [6.45, 7) is 2.58. The van der Waals surface area contributed by atoms with Gasteiger partial charge in [0.05, 0.1) is 0 Å². The average Bonchev–Trinajstić information content (AvgIpc) is 2.98. The minimum atomic E-state index is 0. The SMILES string of the molecule is Cl.NCCCCCCC(=O)N1CCC(c2ccccc2)C1. The summed E-state index contributed by atoms with van der Waals surface area (Å²) in [7, 11) is 0. The number of unbranched alkanes of at least 4 members (excludes halogenated alkanes) is 3. The van der Waals surface area contributed by atoms with E-state index in [1.165, 1.54) is 5.56 Å². The highest BCUT2D eigenvalue weighted by Gasteiger charge is 2.26. The van der Waals surface area contributed by atoms with Crippen molar-refractivity contribution < 1.29 is 4.79 Å². The first kappa shape index (κ1) is 18.0. The van der Waals surface area contributed by atoms with Crippen molar-refractivity contribution in [3.05, 3.63) is 35.9 Å². The van der Waals surface area contributed by atoms with Crippen LogP contribution in [0, 0.1) is 0 Å². The van der Waals surface area contributed by atoms with Crippen LogP contribution in [0.25, 0.3) is 0 Å². The maximum Gasteiger partial charge on any atom is 0.222 e. The molecule has 3 nitrogen and oxygen atoms in total. The van der Waals surface area contributed by atoms with Gasteiger partial charge in [-0.25, -0.2) is 0 Å². The number of hydrogen-bond acceptors (Lipinski definition) is 2. The minimum absolute atomic E-state index is 0. The summed E-state index contributed by atoms with van der Waals surface area (Å²) in [4.78, 5) is 14.2. The average molecular weight is 311 g/mol. The number of nitrogens with zero attached hydrogens (tertiary/aromatic N) is 1. The Morgan fingerprint density at radius 1 is 1.14 bits per heavy atom. The van der Waals surface area contributed by atoms with E-state index < -0.39 is 0 Å². The molecule has 0 saturated carbocycles. The van der Waals surface area contributed by atoms with Crippen LogP contribution in [-0.2, 0) is 4.79 Å². The van der Waals surface area contributed by atoms with Crippen molar-refractivity contribution in [1.82, 2.24) is 4.90 Å². The molecule has 1 aromatic carbocycles. The van der Waals surface area contributed by atoms with Crippen LogP contribution in [0.15, 0.2) is 30.3 Å². The van der Waals surface area contributed by atoms with Gasteiger partial charge in [-0.15, -0.1) is 12.4 Å². The molecule has 0 aromatic heterocycles. The van der Waals surface area contributed by atoms with Crippen LogP contribution in [-0.4, -0.2) is 30.4 Å². The number of nitrogens with two attached hydrogens (primary N) is 1. The number of benzene rings is 1. The van der Waals surface area contributed by atoms with Crippen molar-refractivity contribution in [3.8, 4) is 0 Å². The van der Waals surface area contributed by atoms with Gasteiger partial charge < -0.3 is 10.6 Å². The van der Waals surface area contributed by atoms with Crippen molar-refractivity contribution in [2.45, 2.75) is 44.4 Å². The number of likely N-dealkylation sites (tertiary alicyclic amines) is 1. The zero-order chi connectivity index (χ0) is 14.2. The van der Waals surface area contributed by atoms with E-state index in [4.69, 9.17) is 5.73 Å². The fourth-order valence-electron chi connectivity index (χ4n) is 2.92. The topological polar surface area (TPSA) is 46.3 Å². The lowest BCUT2D eigenvalue weighted by atomic mass is 9.99. The molecule has 1 heterocycles. The van der Waals surface area contributed by atoms with E-state index in [9.17, 15) is 4.79 Å². The van der Waals surface area contributed by atoms with E-state index in [-0.39, 0.29) is 12.4 Å². The van der Waals surface area contributed by atoms with E-state index in [0.717, 1.165) is 51.7 Å². The van der Waals surface area contributed by atoms with Crippen LogP contribution in [0.5, 0.6) is 0 Å². The molecule has 1 aliphatic rings. The molecule has 4 heteroatoms. The van der Waals surface area contributed by atoms with E-state index in [2.05, 4.69) is 24.3 Å². The number of halogens is 1. The van der Waals surface area contributed by atoms with Gasteiger partial charge in [-0.2, -0.15) is 0 Å². The predicted octanol–water partition coefficient (Wildman–Crippen LogP) is 3.33. The maximum absolute atomic E-state index is 12.2. The molecule has 0 spiro atoms. The molecule has 1 fully saturated rings. The standard InChI is InChI=1S/C17H26N2O.ClH/c18-12-7-2-1-6-10-17(20)19-13-11-16(14-19)15-8-4-3-5-9-15;/h3-5,8-9,16H,1-2,6-7,10-14,18H2;1H. The smallest absolute Gasteiger partial charge is 0.222 e. The van der Waals surface area contributed by atoms with Crippen molar-refractivity contribution in [2.75, 3.05) is 19.6 Å². The highest BCUT2D eigenvalue weighted by molar-refractivity contribution is 5.85. The van der Waals surface area contributed by atoms with Gasteiger partial charge in [0.25, 0.3) is 0 Å². The van der Waals surface area contributed by atoms with Gasteiger partial charge in [-0.3, -0.25) is 4.79 Å². The molecule has 2 rings (SSSR count). The first-order valence-electron chi connectivity index (χ1n) is 7.84. The quantitative estimate of drug-likeness (QED) is 0.785. The van der Waals surface area contributed by atoms with E-state index >= 15 is 0 Å². The number of hydrogen-bond donors (Lipinski definition) is 1. The number of carbonyl (C=O) groups excluding carboxylic acids is 1. The van der Waals surface area contributed by atoms with Crippen molar-refractivity contribution in [1.29, 1.82) is 0 Å². The first-order chi connectivity index (χ1) is 9.81. The van der Waals surface area contributed by atoms with Crippen molar-refractivity contribution in [3.63, 3.8) is 0 Å². The summed E-state index contributed by atoms with van der Waals surface area (Å²) in [5.41, 5.74) is 6.83. The molecule has 1 unspecified atom stereocenters. The van der Waals surface area contributed by atoms with Gasteiger partial charge in [-0.05, 0) is 31.4 Å². The van der Waals surface area contributed by atoms with Crippen LogP contribution in [0.3, 0.4) is 0 Å². The Labute approximate surface area is 134 Å². The summed E-state index contributed by atoms with van der Waals surface area (Å²) in [6, 6.07) is 10.5. The number of amides is 1. The summed E-state index contributed by atoms with van der Waals surface area (Å²) < 4.78 is 0. The molecule has 118 valence electrons. The molecule has 2 N–H and O–H groups in total. The van der Waals surface area contributed by atoms with E-state index in [0.29, 0.717) is 18.2 Å². The third kappa shape index (κ3) is 5.68. The fraction of sp³-hybridized carbons (Fsp3) is 0.588. The summed E-state index contributed by atoms with van der Waals surface area (Å²) in [5.74, 6) is 0.855. The molecule has 1 aromatic rings. The minimum Gasteiger partial charge on any atom is -0.342 e. The molecule has 1 aliphatic heterocycles. The van der Waals surface area contributed by atoms with Crippen LogP contribution >= 0.6 is 12.4 Å². The summed E-state index contributed by atoms with van der Waals surface area (Å²) in [5, 5.41) is 0. The fourth-order valence-corrected chi connectivity index (χ4v) is 2.92. The Bertz CT molecular complexity index is 411. The van der Waals surface area contributed by atoms with Gasteiger partial charge >= 0.3 is 0 Å². The highest BCUT2D eigenvalue weighted by atomic mass is 35.5. The maximum atomic E-state index is 12.2. The lowest BCUT2D eigenvalue weighted by molar-refractivity contribution is -0.130. The van der Waals surface area contributed by atoms with E-state index in [1.54, 1.807) is 0 Å². The van der Waals surface area contributed by atoms with E-state index in [1.807, 2.05) is 11.0 Å². The van der Waals surface area contributed by atoms with Crippen molar-refractivity contribution in [2.24, 2.45) is 5.73 Å². The normalized spacial score (nSPS) is 17.6. The van der Waals surface area contributed by atoms with Gasteiger partial charge in [0.15, 0.2) is 0 Å². The van der Waals surface area contributed by atoms with Crippen LogP contribution < -0.4 is 5.73 Å². The Kier molecular flexibility index (Phi) is 8.40. The Morgan fingerprint density at radius 2 is 1.86 bits per heavy atom. The molecule has 1 saturated heterocycles. The second-order valence-electron chi connectivity index (χ2n) is 5.69. The second kappa shape index (κ2) is 9.80. The molecule has 0 bridgehead atoms. The largest absolute Gasteiger partial charge is 0.342 e.